The van der Waals surface area contributed by atoms with Crippen LogP contribution in [0.25, 0.3) is 10.9 Å². The maximum Gasteiger partial charge on any atom is 0.165 e. The number of nitrogens with zero attached hydrogens (tertiary/aromatic N) is 1. The number of hydrogen-bond donors (Lipinski definition) is 1. The normalized spacial score (nSPS) is 19.1. The predicted molar refractivity (Wildman–Crippen MR) is 80.9 cm³/mol. The molecule has 0 saturated carbocycles. The first-order valence-electron chi connectivity index (χ1n) is 7.45. The number of carbonyl (C=O) groups excluding carboxylic acids is 1. The van der Waals surface area contributed by atoms with Gasteiger partial charge in [-0.15, -0.1) is 0 Å². The van der Waals surface area contributed by atoms with E-state index < -0.39 is 0 Å². The highest BCUT2D eigenvalue weighted by atomic mass is 16.1. The second kappa shape index (κ2) is 6.14. The third-order valence-electron chi connectivity index (χ3n) is 4.07. The number of hydrogen-bond acceptors (Lipinski definition) is 3. The van der Waals surface area contributed by atoms with Crippen molar-refractivity contribution >= 4 is 16.7 Å². The molecule has 104 valence electrons. The summed E-state index contributed by atoms with van der Waals surface area (Å²) >= 11 is 0. The molecule has 2 aromatic rings. The highest BCUT2D eigenvalue weighted by molar-refractivity contribution is 6.06. The van der Waals surface area contributed by atoms with Gasteiger partial charge in [0.25, 0.3) is 0 Å². The minimum absolute atomic E-state index is 0.210. The third-order valence-corrected chi connectivity index (χ3v) is 4.07. The van der Waals surface area contributed by atoms with Gasteiger partial charge in [-0.05, 0) is 37.9 Å². The van der Waals surface area contributed by atoms with E-state index in [4.69, 9.17) is 0 Å². The highest BCUT2D eigenvalue weighted by Gasteiger charge is 2.16. The van der Waals surface area contributed by atoms with E-state index in [2.05, 4.69) is 10.3 Å². The molecule has 0 amide bonds. The fourth-order valence-corrected chi connectivity index (χ4v) is 2.94. The lowest BCUT2D eigenvalue weighted by Gasteiger charge is -2.23. The molecule has 1 aliphatic heterocycles. The zero-order valence-electron chi connectivity index (χ0n) is 11.6. The molecule has 1 unspecified atom stereocenters. The molecule has 1 aromatic carbocycles. The summed E-state index contributed by atoms with van der Waals surface area (Å²) in [5.74, 6) is 0.210. The smallest absolute Gasteiger partial charge is 0.165 e. The molecule has 3 heteroatoms. The number of ketones is 1. The Morgan fingerprint density at radius 1 is 1.25 bits per heavy atom. The first-order chi connectivity index (χ1) is 9.84. The molecule has 1 aliphatic rings. The molecule has 0 bridgehead atoms. The molecule has 1 N–H and O–H groups in total. The number of pyridine rings is 1. The van der Waals surface area contributed by atoms with Crippen LogP contribution in [0, 0.1) is 0 Å². The SMILES string of the molecule is O=C(CCC1CCCCN1)c1cccc2cccnc12. The lowest BCUT2D eigenvalue weighted by atomic mass is 9.96. The molecule has 1 fully saturated rings. The van der Waals surface area contributed by atoms with Crippen molar-refractivity contribution in [2.24, 2.45) is 0 Å². The molecule has 1 aromatic heterocycles. The van der Waals surface area contributed by atoms with Crippen LogP contribution in [-0.4, -0.2) is 23.4 Å². The number of nitrogens with one attached hydrogen (secondary N) is 1. The van der Waals surface area contributed by atoms with Crippen LogP contribution in [0.15, 0.2) is 36.5 Å². The van der Waals surface area contributed by atoms with Gasteiger partial charge in [-0.2, -0.15) is 0 Å². The molecule has 0 spiro atoms. The maximum atomic E-state index is 12.4. The summed E-state index contributed by atoms with van der Waals surface area (Å²) < 4.78 is 0. The Labute approximate surface area is 119 Å². The fourth-order valence-electron chi connectivity index (χ4n) is 2.94. The quantitative estimate of drug-likeness (QED) is 0.865. The molecule has 1 saturated heterocycles. The summed E-state index contributed by atoms with van der Waals surface area (Å²) in [6.45, 7) is 1.09. The van der Waals surface area contributed by atoms with Gasteiger partial charge in [0.15, 0.2) is 5.78 Å². The Bertz CT molecular complexity index is 597. The molecule has 1 atom stereocenters. The predicted octanol–water partition coefficient (Wildman–Crippen LogP) is 3.34. The summed E-state index contributed by atoms with van der Waals surface area (Å²) in [4.78, 5) is 16.8. The van der Waals surface area contributed by atoms with Crippen molar-refractivity contribution in [3.05, 3.63) is 42.1 Å². The van der Waals surface area contributed by atoms with Crippen LogP contribution >= 0.6 is 0 Å². The standard InChI is InChI=1S/C17H20N2O/c20-16(10-9-14-7-1-2-11-18-14)15-8-3-5-13-6-4-12-19-17(13)15/h3-6,8,12,14,18H,1-2,7,9-11H2. The number of piperidine rings is 1. The number of rotatable bonds is 4. The Morgan fingerprint density at radius 2 is 2.15 bits per heavy atom. The number of benzene rings is 1. The van der Waals surface area contributed by atoms with E-state index in [0.29, 0.717) is 12.5 Å². The van der Waals surface area contributed by atoms with E-state index in [9.17, 15) is 4.79 Å². The summed E-state index contributed by atoms with van der Waals surface area (Å²) in [7, 11) is 0. The Morgan fingerprint density at radius 3 is 3.00 bits per heavy atom. The topological polar surface area (TPSA) is 42.0 Å². The number of para-hydroxylation sites is 1. The third kappa shape index (κ3) is 2.88. The van der Waals surface area contributed by atoms with Crippen LogP contribution in [0.4, 0.5) is 0 Å². The van der Waals surface area contributed by atoms with E-state index in [1.807, 2.05) is 30.3 Å². The number of aromatic nitrogens is 1. The first-order valence-corrected chi connectivity index (χ1v) is 7.45. The van der Waals surface area contributed by atoms with E-state index in [-0.39, 0.29) is 5.78 Å². The van der Waals surface area contributed by atoms with Crippen LogP contribution in [-0.2, 0) is 0 Å². The van der Waals surface area contributed by atoms with Crippen LogP contribution in [0.2, 0.25) is 0 Å². The van der Waals surface area contributed by atoms with Crippen molar-refractivity contribution < 1.29 is 4.79 Å². The van der Waals surface area contributed by atoms with Gasteiger partial charge in [0.05, 0.1) is 5.52 Å². The van der Waals surface area contributed by atoms with Crippen LogP contribution in [0.5, 0.6) is 0 Å². The Kier molecular flexibility index (Phi) is 4.07. The second-order valence-corrected chi connectivity index (χ2v) is 5.49. The molecule has 2 heterocycles. The van der Waals surface area contributed by atoms with E-state index in [1.165, 1.54) is 19.3 Å². The van der Waals surface area contributed by atoms with Crippen molar-refractivity contribution in [2.75, 3.05) is 6.54 Å². The van der Waals surface area contributed by atoms with Crippen LogP contribution in [0.3, 0.4) is 0 Å². The Hall–Kier alpha value is -1.74. The van der Waals surface area contributed by atoms with Gasteiger partial charge < -0.3 is 5.32 Å². The zero-order valence-corrected chi connectivity index (χ0v) is 11.6. The first kappa shape index (κ1) is 13.3. The monoisotopic (exact) mass is 268 g/mol. The largest absolute Gasteiger partial charge is 0.314 e. The average Bonchev–Trinajstić information content (AvgIpc) is 2.53. The van der Waals surface area contributed by atoms with Gasteiger partial charge in [-0.1, -0.05) is 24.6 Å². The van der Waals surface area contributed by atoms with E-state index >= 15 is 0 Å². The minimum atomic E-state index is 0.210. The van der Waals surface area contributed by atoms with E-state index in [1.54, 1.807) is 6.20 Å². The molecule has 20 heavy (non-hydrogen) atoms. The van der Waals surface area contributed by atoms with Gasteiger partial charge in [0, 0.05) is 29.6 Å². The van der Waals surface area contributed by atoms with Gasteiger partial charge in [0.1, 0.15) is 0 Å². The second-order valence-electron chi connectivity index (χ2n) is 5.49. The summed E-state index contributed by atoms with van der Waals surface area (Å²) in [5.41, 5.74) is 1.59. The van der Waals surface area contributed by atoms with Crippen molar-refractivity contribution in [1.29, 1.82) is 0 Å². The van der Waals surface area contributed by atoms with Crippen molar-refractivity contribution in [2.45, 2.75) is 38.1 Å². The number of Topliss-reactive ketones (excluding diaryl/α,β-unsaturated/α-hetero) is 1. The molecule has 0 radical (unpaired) electrons. The van der Waals surface area contributed by atoms with Gasteiger partial charge >= 0.3 is 0 Å². The molecule has 3 nitrogen and oxygen atoms in total. The van der Waals surface area contributed by atoms with Gasteiger partial charge in [-0.25, -0.2) is 0 Å². The molecular weight excluding hydrogens is 248 g/mol. The number of carbonyl (C=O) groups is 1. The highest BCUT2D eigenvalue weighted by Crippen LogP contribution is 2.19. The molecule has 0 aliphatic carbocycles. The number of fused-ring (bicyclic) bond motifs is 1. The van der Waals surface area contributed by atoms with Crippen molar-refractivity contribution in [1.82, 2.24) is 10.3 Å². The molecule has 3 rings (SSSR count). The molecular formula is C17H20N2O. The van der Waals surface area contributed by atoms with E-state index in [0.717, 1.165) is 29.4 Å². The average molecular weight is 268 g/mol. The summed E-state index contributed by atoms with van der Waals surface area (Å²) in [6.07, 6.45) is 7.03. The maximum absolute atomic E-state index is 12.4. The Balaban J connectivity index is 1.72. The fraction of sp³-hybridized carbons (Fsp3) is 0.412. The van der Waals surface area contributed by atoms with Gasteiger partial charge in [0.2, 0.25) is 0 Å². The lowest BCUT2D eigenvalue weighted by Crippen LogP contribution is -2.34. The van der Waals surface area contributed by atoms with Crippen molar-refractivity contribution in [3.63, 3.8) is 0 Å². The zero-order chi connectivity index (χ0) is 13.8. The van der Waals surface area contributed by atoms with Crippen LogP contribution < -0.4 is 5.32 Å². The summed E-state index contributed by atoms with van der Waals surface area (Å²) in [6, 6.07) is 10.3. The summed E-state index contributed by atoms with van der Waals surface area (Å²) in [5, 5.41) is 4.53. The van der Waals surface area contributed by atoms with Gasteiger partial charge in [-0.3, -0.25) is 9.78 Å². The minimum Gasteiger partial charge on any atom is -0.314 e. The lowest BCUT2D eigenvalue weighted by molar-refractivity contribution is 0.0975. The van der Waals surface area contributed by atoms with Crippen LogP contribution in [0.1, 0.15) is 42.5 Å². The van der Waals surface area contributed by atoms with Crippen molar-refractivity contribution in [3.8, 4) is 0 Å².